The number of hydrogen-bond donors (Lipinski definition) is 0. The van der Waals surface area contributed by atoms with Gasteiger partial charge in [0.2, 0.25) is 10.0 Å². The Kier molecular flexibility index (Phi) is 5.93. The minimum atomic E-state index is -3.60. The summed E-state index contributed by atoms with van der Waals surface area (Å²) in [7, 11) is -6.72. The molecule has 0 saturated carbocycles. The van der Waals surface area contributed by atoms with Crippen molar-refractivity contribution in [3.63, 3.8) is 0 Å². The Hall–Kier alpha value is -1.45. The quantitative estimate of drug-likeness (QED) is 0.704. The van der Waals surface area contributed by atoms with Crippen LogP contribution in [0.15, 0.2) is 29.2 Å². The molecule has 3 rings (SSSR count). The average Bonchev–Trinajstić information content (AvgIpc) is 3.29. The Labute approximate surface area is 161 Å². The fourth-order valence-electron chi connectivity index (χ4n) is 3.74. The first-order valence-electron chi connectivity index (χ1n) is 9.36. The Balaban J connectivity index is 1.87. The summed E-state index contributed by atoms with van der Waals surface area (Å²) in [4.78, 5) is 14.8. The Bertz CT molecular complexity index is 905. The molecule has 0 spiro atoms. The van der Waals surface area contributed by atoms with Gasteiger partial charge in [-0.1, -0.05) is 13.0 Å². The molecule has 1 atom stereocenters. The number of rotatable bonds is 6. The van der Waals surface area contributed by atoms with Gasteiger partial charge in [0.05, 0.1) is 16.4 Å². The van der Waals surface area contributed by atoms with Crippen LogP contribution in [0.25, 0.3) is 0 Å². The number of sulfone groups is 1. The molecule has 2 heterocycles. The molecule has 0 aromatic heterocycles. The number of benzene rings is 1. The van der Waals surface area contributed by atoms with Crippen molar-refractivity contribution in [2.24, 2.45) is 0 Å². The highest BCUT2D eigenvalue weighted by molar-refractivity contribution is 7.91. The SMILES string of the molecule is CCCN(C(=O)c1cccc(S(=O)(=O)N2CCCC2)c1)[C@@H]1CCS(=O)(=O)C1. The van der Waals surface area contributed by atoms with E-state index >= 15 is 0 Å². The number of sulfonamides is 1. The monoisotopic (exact) mass is 414 g/mol. The number of hydrogen-bond acceptors (Lipinski definition) is 5. The predicted molar refractivity (Wildman–Crippen MR) is 103 cm³/mol. The lowest BCUT2D eigenvalue weighted by Crippen LogP contribution is -2.41. The highest BCUT2D eigenvalue weighted by Gasteiger charge is 2.35. The van der Waals surface area contributed by atoms with E-state index in [1.165, 1.54) is 16.4 Å². The molecule has 0 aliphatic carbocycles. The van der Waals surface area contributed by atoms with Crippen molar-refractivity contribution in [1.29, 1.82) is 0 Å². The number of amides is 1. The first-order valence-corrected chi connectivity index (χ1v) is 12.6. The van der Waals surface area contributed by atoms with E-state index in [4.69, 9.17) is 0 Å². The standard InChI is InChI=1S/C18H26N2O5S2/c1-2-9-20(16-8-12-26(22,23)14-16)18(21)15-6-5-7-17(13-15)27(24,25)19-10-3-4-11-19/h5-7,13,16H,2-4,8-12,14H2,1H3/t16-/m1/s1. The maximum atomic E-state index is 13.1. The fourth-order valence-corrected chi connectivity index (χ4v) is 7.04. The van der Waals surface area contributed by atoms with Crippen LogP contribution in [0.2, 0.25) is 0 Å². The lowest BCUT2D eigenvalue weighted by Gasteiger charge is -2.28. The molecule has 0 radical (unpaired) electrons. The van der Waals surface area contributed by atoms with Crippen molar-refractivity contribution in [3.8, 4) is 0 Å². The van der Waals surface area contributed by atoms with E-state index < -0.39 is 19.9 Å². The van der Waals surface area contributed by atoms with Crippen molar-refractivity contribution in [3.05, 3.63) is 29.8 Å². The minimum Gasteiger partial charge on any atom is -0.335 e. The lowest BCUT2D eigenvalue weighted by molar-refractivity contribution is 0.0697. The Morgan fingerprint density at radius 2 is 1.96 bits per heavy atom. The summed E-state index contributed by atoms with van der Waals surface area (Å²) in [5.74, 6) is -0.239. The summed E-state index contributed by atoms with van der Waals surface area (Å²) >= 11 is 0. The van der Waals surface area contributed by atoms with Crippen LogP contribution >= 0.6 is 0 Å². The van der Waals surface area contributed by atoms with E-state index in [-0.39, 0.29) is 33.9 Å². The van der Waals surface area contributed by atoms with E-state index in [1.807, 2.05) is 6.92 Å². The van der Waals surface area contributed by atoms with Gasteiger partial charge in [-0.2, -0.15) is 4.31 Å². The molecule has 150 valence electrons. The van der Waals surface area contributed by atoms with E-state index in [0.29, 0.717) is 32.5 Å². The second-order valence-corrected chi connectivity index (χ2v) is 11.4. The predicted octanol–water partition coefficient (Wildman–Crippen LogP) is 1.51. The summed E-state index contributed by atoms with van der Waals surface area (Å²) in [5, 5.41) is 0. The third kappa shape index (κ3) is 4.35. The second kappa shape index (κ2) is 7.89. The molecule has 9 heteroatoms. The molecule has 2 fully saturated rings. The van der Waals surface area contributed by atoms with E-state index in [2.05, 4.69) is 0 Å². The molecule has 27 heavy (non-hydrogen) atoms. The molecular formula is C18H26N2O5S2. The zero-order valence-electron chi connectivity index (χ0n) is 15.5. The van der Waals surface area contributed by atoms with Crippen LogP contribution in [0.5, 0.6) is 0 Å². The van der Waals surface area contributed by atoms with Crippen molar-refractivity contribution in [2.45, 2.75) is 43.5 Å². The highest BCUT2D eigenvalue weighted by atomic mass is 32.2. The molecule has 2 saturated heterocycles. The fraction of sp³-hybridized carbons (Fsp3) is 0.611. The van der Waals surface area contributed by atoms with Crippen LogP contribution in [0, 0.1) is 0 Å². The lowest BCUT2D eigenvalue weighted by atomic mass is 10.1. The van der Waals surface area contributed by atoms with Gasteiger partial charge in [0, 0.05) is 31.2 Å². The van der Waals surface area contributed by atoms with Crippen molar-refractivity contribution < 1.29 is 21.6 Å². The summed E-state index contributed by atoms with van der Waals surface area (Å²) in [6, 6.07) is 5.75. The van der Waals surface area contributed by atoms with Crippen LogP contribution in [0.3, 0.4) is 0 Å². The third-order valence-electron chi connectivity index (χ3n) is 5.16. The molecule has 0 bridgehead atoms. The maximum absolute atomic E-state index is 13.1. The summed E-state index contributed by atoms with van der Waals surface area (Å²) < 4.78 is 50.6. The van der Waals surface area contributed by atoms with Gasteiger partial charge in [-0.15, -0.1) is 0 Å². The van der Waals surface area contributed by atoms with Crippen LogP contribution in [-0.2, 0) is 19.9 Å². The van der Waals surface area contributed by atoms with E-state index in [1.54, 1.807) is 17.0 Å². The molecule has 1 aromatic carbocycles. The van der Waals surface area contributed by atoms with Gasteiger partial charge in [0.1, 0.15) is 0 Å². The largest absolute Gasteiger partial charge is 0.335 e. The number of nitrogens with zero attached hydrogens (tertiary/aromatic N) is 2. The first kappa shape index (κ1) is 20.3. The zero-order chi connectivity index (χ0) is 19.7. The zero-order valence-corrected chi connectivity index (χ0v) is 17.1. The van der Waals surface area contributed by atoms with Gasteiger partial charge in [0.15, 0.2) is 9.84 Å². The van der Waals surface area contributed by atoms with Gasteiger partial charge in [-0.05, 0) is 43.9 Å². The van der Waals surface area contributed by atoms with Crippen molar-refractivity contribution >= 4 is 25.8 Å². The molecule has 2 aliphatic heterocycles. The normalized spacial score (nSPS) is 22.8. The summed E-state index contributed by atoms with van der Waals surface area (Å²) in [6.45, 7) is 3.38. The number of carbonyl (C=O) groups is 1. The average molecular weight is 415 g/mol. The third-order valence-corrected chi connectivity index (χ3v) is 8.80. The van der Waals surface area contributed by atoms with Gasteiger partial charge < -0.3 is 4.90 Å². The molecule has 7 nitrogen and oxygen atoms in total. The highest BCUT2D eigenvalue weighted by Crippen LogP contribution is 2.24. The van der Waals surface area contributed by atoms with Gasteiger partial charge in [-0.25, -0.2) is 16.8 Å². The smallest absolute Gasteiger partial charge is 0.254 e. The van der Waals surface area contributed by atoms with Crippen LogP contribution in [-0.4, -0.2) is 69.1 Å². The van der Waals surface area contributed by atoms with Gasteiger partial charge >= 0.3 is 0 Å². The summed E-state index contributed by atoms with van der Waals surface area (Å²) in [5.41, 5.74) is 0.285. The van der Waals surface area contributed by atoms with Crippen LogP contribution in [0.4, 0.5) is 0 Å². The molecule has 2 aliphatic rings. The number of carbonyl (C=O) groups excluding carboxylic acids is 1. The molecular weight excluding hydrogens is 388 g/mol. The molecule has 0 unspecified atom stereocenters. The van der Waals surface area contributed by atoms with E-state index in [9.17, 15) is 21.6 Å². The summed E-state index contributed by atoms with van der Waals surface area (Å²) in [6.07, 6.45) is 2.82. The van der Waals surface area contributed by atoms with Crippen LogP contribution in [0.1, 0.15) is 43.0 Å². The topological polar surface area (TPSA) is 91.8 Å². The van der Waals surface area contributed by atoms with Crippen molar-refractivity contribution in [1.82, 2.24) is 9.21 Å². The van der Waals surface area contributed by atoms with E-state index in [0.717, 1.165) is 12.8 Å². The van der Waals surface area contributed by atoms with Crippen LogP contribution < -0.4 is 0 Å². The first-order chi connectivity index (χ1) is 12.7. The van der Waals surface area contributed by atoms with Crippen molar-refractivity contribution in [2.75, 3.05) is 31.1 Å². The minimum absolute atomic E-state index is 0.0233. The van der Waals surface area contributed by atoms with Gasteiger partial charge in [0.25, 0.3) is 5.91 Å². The molecule has 0 N–H and O–H groups in total. The maximum Gasteiger partial charge on any atom is 0.254 e. The van der Waals surface area contributed by atoms with Gasteiger partial charge in [-0.3, -0.25) is 4.79 Å². The Morgan fingerprint density at radius 3 is 2.56 bits per heavy atom. The molecule has 1 amide bonds. The second-order valence-electron chi connectivity index (χ2n) is 7.19. The Morgan fingerprint density at radius 1 is 1.26 bits per heavy atom. The molecule has 1 aromatic rings.